The highest BCUT2D eigenvalue weighted by atomic mass is 32.1. The van der Waals surface area contributed by atoms with Crippen molar-refractivity contribution in [3.8, 4) is 16.3 Å². The van der Waals surface area contributed by atoms with Crippen LogP contribution in [-0.4, -0.2) is 27.2 Å². The molecule has 6 nitrogen and oxygen atoms in total. The van der Waals surface area contributed by atoms with Crippen molar-refractivity contribution >= 4 is 17.2 Å². The van der Waals surface area contributed by atoms with Crippen molar-refractivity contribution < 1.29 is 9.53 Å². The zero-order valence-electron chi connectivity index (χ0n) is 16.6. The minimum Gasteiger partial charge on any atom is -0.489 e. The summed E-state index contributed by atoms with van der Waals surface area (Å²) in [5.74, 6) is 0.668. The van der Waals surface area contributed by atoms with Crippen LogP contribution in [0.4, 0.5) is 0 Å². The van der Waals surface area contributed by atoms with Gasteiger partial charge in [0.15, 0.2) is 0 Å². The van der Waals surface area contributed by atoms with Crippen molar-refractivity contribution in [2.75, 3.05) is 6.54 Å². The summed E-state index contributed by atoms with van der Waals surface area (Å²) in [6.07, 6.45) is 4.37. The van der Waals surface area contributed by atoms with Crippen molar-refractivity contribution in [3.05, 3.63) is 89.2 Å². The Morgan fingerprint density at radius 2 is 1.90 bits per heavy atom. The van der Waals surface area contributed by atoms with E-state index in [-0.39, 0.29) is 5.91 Å². The molecule has 0 atom stereocenters. The molecule has 2 heterocycles. The van der Waals surface area contributed by atoms with Crippen LogP contribution in [0.2, 0.25) is 0 Å². The van der Waals surface area contributed by atoms with Gasteiger partial charge >= 0.3 is 0 Å². The Morgan fingerprint density at radius 1 is 1.10 bits per heavy atom. The maximum absolute atomic E-state index is 12.4. The van der Waals surface area contributed by atoms with Gasteiger partial charge < -0.3 is 10.1 Å². The normalized spacial score (nSPS) is 10.7. The molecule has 2 aromatic carbocycles. The number of rotatable bonds is 8. The number of nitrogens with one attached hydrogen (secondary N) is 1. The molecule has 0 unspecified atom stereocenters. The molecule has 0 saturated carbocycles. The first kappa shape index (κ1) is 19.8. The monoisotopic (exact) mass is 418 g/mol. The Hall–Kier alpha value is -3.45. The van der Waals surface area contributed by atoms with Gasteiger partial charge in [0.05, 0.1) is 6.20 Å². The molecule has 2 aromatic heterocycles. The van der Waals surface area contributed by atoms with Crippen LogP contribution in [0.25, 0.3) is 10.6 Å². The molecule has 30 heavy (non-hydrogen) atoms. The quantitative estimate of drug-likeness (QED) is 0.468. The third-order valence-electron chi connectivity index (χ3n) is 4.56. The SMILES string of the molecule is Cn1cc(-c2nc(C(=O)NCCc3ccc(OCc4ccccc4)cc3)cs2)cn1. The molecule has 4 rings (SSSR count). The average molecular weight is 419 g/mol. The van der Waals surface area contributed by atoms with Gasteiger partial charge in [-0.3, -0.25) is 9.48 Å². The second-order valence-corrected chi connectivity index (χ2v) is 7.72. The fourth-order valence-electron chi connectivity index (χ4n) is 2.95. The lowest BCUT2D eigenvalue weighted by Crippen LogP contribution is -2.25. The molecule has 7 heteroatoms. The van der Waals surface area contributed by atoms with Crippen molar-refractivity contribution in [2.24, 2.45) is 7.05 Å². The van der Waals surface area contributed by atoms with Gasteiger partial charge in [-0.1, -0.05) is 42.5 Å². The van der Waals surface area contributed by atoms with Gasteiger partial charge in [-0.05, 0) is 29.7 Å². The molecule has 0 fully saturated rings. The van der Waals surface area contributed by atoms with Gasteiger partial charge in [0.25, 0.3) is 5.91 Å². The number of ether oxygens (including phenoxy) is 1. The standard InChI is InChI=1S/C23H22N4O2S/c1-27-14-19(13-25-27)23-26-21(16-30-23)22(28)24-12-11-17-7-9-20(10-8-17)29-15-18-5-3-2-4-6-18/h2-10,13-14,16H,11-12,15H2,1H3,(H,24,28). The molecule has 0 saturated heterocycles. The van der Waals surface area contributed by atoms with E-state index >= 15 is 0 Å². The smallest absolute Gasteiger partial charge is 0.270 e. The summed E-state index contributed by atoms with van der Waals surface area (Å²) >= 11 is 1.44. The number of benzene rings is 2. The number of carbonyl (C=O) groups is 1. The van der Waals surface area contributed by atoms with E-state index in [1.807, 2.05) is 67.8 Å². The maximum Gasteiger partial charge on any atom is 0.270 e. The third kappa shape index (κ3) is 5.12. The minimum absolute atomic E-state index is 0.163. The molecular formula is C23H22N4O2S. The molecule has 1 N–H and O–H groups in total. The van der Waals surface area contributed by atoms with Crippen molar-refractivity contribution in [3.63, 3.8) is 0 Å². The predicted octanol–water partition coefficient (Wildman–Crippen LogP) is 4.10. The summed E-state index contributed by atoms with van der Waals surface area (Å²) in [4.78, 5) is 16.8. The first-order valence-electron chi connectivity index (χ1n) is 9.66. The van der Waals surface area contributed by atoms with E-state index in [0.29, 0.717) is 18.8 Å². The van der Waals surface area contributed by atoms with E-state index in [0.717, 1.165) is 33.9 Å². The third-order valence-corrected chi connectivity index (χ3v) is 5.45. The summed E-state index contributed by atoms with van der Waals surface area (Å²) < 4.78 is 7.52. The lowest BCUT2D eigenvalue weighted by Gasteiger charge is -2.08. The summed E-state index contributed by atoms with van der Waals surface area (Å²) in [6, 6.07) is 18.0. The maximum atomic E-state index is 12.4. The van der Waals surface area contributed by atoms with Crippen LogP contribution >= 0.6 is 11.3 Å². The van der Waals surface area contributed by atoms with Crippen LogP contribution in [0.1, 0.15) is 21.6 Å². The van der Waals surface area contributed by atoms with Crippen LogP contribution in [-0.2, 0) is 20.1 Å². The summed E-state index contributed by atoms with van der Waals surface area (Å²) in [7, 11) is 1.85. The molecule has 0 aliphatic rings. The number of thiazole rings is 1. The van der Waals surface area contributed by atoms with E-state index in [1.54, 1.807) is 16.3 Å². The fraction of sp³-hybridized carbons (Fsp3) is 0.174. The van der Waals surface area contributed by atoms with Crippen LogP contribution in [0.3, 0.4) is 0 Å². The van der Waals surface area contributed by atoms with Crippen molar-refractivity contribution in [1.29, 1.82) is 0 Å². The lowest BCUT2D eigenvalue weighted by atomic mass is 10.1. The zero-order chi connectivity index (χ0) is 20.8. The molecule has 0 radical (unpaired) electrons. The van der Waals surface area contributed by atoms with Crippen molar-refractivity contribution in [1.82, 2.24) is 20.1 Å². The van der Waals surface area contributed by atoms with Crippen molar-refractivity contribution in [2.45, 2.75) is 13.0 Å². The molecule has 4 aromatic rings. The Balaban J connectivity index is 1.24. The molecular weight excluding hydrogens is 396 g/mol. The van der Waals surface area contributed by atoms with Gasteiger partial charge in [0.1, 0.15) is 23.1 Å². The van der Waals surface area contributed by atoms with E-state index in [4.69, 9.17) is 4.74 Å². The highest BCUT2D eigenvalue weighted by molar-refractivity contribution is 7.13. The summed E-state index contributed by atoms with van der Waals surface area (Å²) in [6.45, 7) is 1.09. The van der Waals surface area contributed by atoms with Crippen LogP contribution < -0.4 is 10.1 Å². The Morgan fingerprint density at radius 3 is 2.63 bits per heavy atom. The molecule has 0 bridgehead atoms. The number of nitrogens with zero attached hydrogens (tertiary/aromatic N) is 3. The topological polar surface area (TPSA) is 69.0 Å². The molecule has 1 amide bonds. The van der Waals surface area contributed by atoms with Gasteiger partial charge in [0.2, 0.25) is 0 Å². The number of carbonyl (C=O) groups excluding carboxylic acids is 1. The zero-order valence-corrected chi connectivity index (χ0v) is 17.4. The number of hydrogen-bond donors (Lipinski definition) is 1. The Labute approximate surface area is 179 Å². The highest BCUT2D eigenvalue weighted by Crippen LogP contribution is 2.22. The second-order valence-electron chi connectivity index (χ2n) is 6.86. The number of amides is 1. The molecule has 0 aliphatic carbocycles. The number of aryl methyl sites for hydroxylation is 1. The van der Waals surface area contributed by atoms with Gasteiger partial charge in [-0.25, -0.2) is 4.98 Å². The Kier molecular flexibility index (Phi) is 6.20. The fourth-order valence-corrected chi connectivity index (χ4v) is 3.72. The number of aromatic nitrogens is 3. The van der Waals surface area contributed by atoms with E-state index in [2.05, 4.69) is 15.4 Å². The van der Waals surface area contributed by atoms with E-state index in [1.165, 1.54) is 11.3 Å². The average Bonchev–Trinajstić information content (AvgIpc) is 3.43. The second kappa shape index (κ2) is 9.37. The van der Waals surface area contributed by atoms with E-state index < -0.39 is 0 Å². The van der Waals surface area contributed by atoms with Crippen LogP contribution in [0, 0.1) is 0 Å². The lowest BCUT2D eigenvalue weighted by molar-refractivity contribution is 0.0950. The van der Waals surface area contributed by atoms with Crippen LogP contribution in [0.5, 0.6) is 5.75 Å². The van der Waals surface area contributed by atoms with Gasteiger partial charge in [-0.15, -0.1) is 11.3 Å². The van der Waals surface area contributed by atoms with Crippen LogP contribution in [0.15, 0.2) is 72.4 Å². The summed E-state index contributed by atoms with van der Waals surface area (Å²) in [5.41, 5.74) is 3.62. The highest BCUT2D eigenvalue weighted by Gasteiger charge is 2.12. The molecule has 152 valence electrons. The number of hydrogen-bond acceptors (Lipinski definition) is 5. The first-order valence-corrected chi connectivity index (χ1v) is 10.5. The van der Waals surface area contributed by atoms with E-state index in [9.17, 15) is 4.79 Å². The molecule has 0 spiro atoms. The molecule has 0 aliphatic heterocycles. The Bertz CT molecular complexity index is 1100. The first-order chi connectivity index (χ1) is 14.7. The minimum atomic E-state index is -0.163. The predicted molar refractivity (Wildman–Crippen MR) is 118 cm³/mol. The summed E-state index contributed by atoms with van der Waals surface area (Å²) in [5, 5.41) is 9.63. The largest absolute Gasteiger partial charge is 0.489 e. The van der Waals surface area contributed by atoms with Gasteiger partial charge in [-0.2, -0.15) is 5.10 Å². The van der Waals surface area contributed by atoms with Gasteiger partial charge in [0, 0.05) is 30.7 Å².